The lowest BCUT2D eigenvalue weighted by atomic mass is 10.1. The van der Waals surface area contributed by atoms with E-state index < -0.39 is 0 Å². The molecule has 0 aromatic carbocycles. The number of carbonyl (C=O) groups excluding carboxylic acids is 2. The van der Waals surface area contributed by atoms with Crippen LogP contribution in [0, 0.1) is 0 Å². The molecule has 0 spiro atoms. The van der Waals surface area contributed by atoms with E-state index in [1.165, 1.54) is 18.9 Å². The van der Waals surface area contributed by atoms with Crippen LogP contribution in [0.4, 0.5) is 0 Å². The quantitative estimate of drug-likeness (QED) is 0.374. The third-order valence-electron chi connectivity index (χ3n) is 2.17. The van der Waals surface area contributed by atoms with E-state index in [9.17, 15) is 9.59 Å². The third kappa shape index (κ3) is 7.51. The fourth-order valence-electron chi connectivity index (χ4n) is 1.23. The van der Waals surface area contributed by atoms with E-state index in [2.05, 4.69) is 4.74 Å². The predicted octanol–water partition coefficient (Wildman–Crippen LogP) is 2.60. The number of ether oxygens (including phenoxy) is 1. The summed E-state index contributed by atoms with van der Waals surface area (Å²) in [7, 11) is 1.40. The van der Waals surface area contributed by atoms with Gasteiger partial charge in [-0.05, 0) is 32.4 Å². The molecule has 16 heavy (non-hydrogen) atoms. The van der Waals surface area contributed by atoms with E-state index in [4.69, 9.17) is 0 Å². The van der Waals surface area contributed by atoms with Crippen LogP contribution in [0.1, 0.15) is 32.6 Å². The van der Waals surface area contributed by atoms with Crippen LogP contribution < -0.4 is 0 Å². The first kappa shape index (κ1) is 15.2. The molecule has 1 atom stereocenters. The number of hydrogen-bond acceptors (Lipinski definition) is 4. The highest BCUT2D eigenvalue weighted by Gasteiger charge is 2.15. The number of ketones is 1. The Balaban J connectivity index is 3.71. The lowest BCUT2D eigenvalue weighted by molar-refractivity contribution is -0.139. The molecule has 1 unspecified atom stereocenters. The average Bonchev–Trinajstić information content (AvgIpc) is 2.27. The molecule has 0 saturated heterocycles. The minimum atomic E-state index is -0.180. The maximum absolute atomic E-state index is 11.2. The molecule has 0 aromatic rings. The number of hydrogen-bond donors (Lipinski definition) is 0. The largest absolute Gasteiger partial charge is 0.468 e. The standard InChI is InChI=1S/C12H20O3S/c1-10(13)8-6-4-5-7-9-11(16-3)12(14)15-2/h5,7,11H,4,6,8-9H2,1-3H3/b7-5+. The zero-order valence-electron chi connectivity index (χ0n) is 10.2. The third-order valence-corrected chi connectivity index (χ3v) is 3.12. The van der Waals surface area contributed by atoms with E-state index in [0.29, 0.717) is 12.8 Å². The number of allylic oxidation sites excluding steroid dienone is 2. The van der Waals surface area contributed by atoms with Crippen LogP contribution in [-0.2, 0) is 14.3 Å². The van der Waals surface area contributed by atoms with Gasteiger partial charge in [-0.25, -0.2) is 0 Å². The fraction of sp³-hybridized carbons (Fsp3) is 0.667. The first-order chi connectivity index (χ1) is 7.61. The van der Waals surface area contributed by atoms with Gasteiger partial charge in [0.05, 0.1) is 7.11 Å². The van der Waals surface area contributed by atoms with Crippen molar-refractivity contribution < 1.29 is 14.3 Å². The summed E-state index contributed by atoms with van der Waals surface area (Å²) >= 11 is 1.49. The highest BCUT2D eigenvalue weighted by Crippen LogP contribution is 2.13. The molecule has 0 heterocycles. The number of unbranched alkanes of at least 4 members (excludes halogenated alkanes) is 1. The molecule has 0 aliphatic heterocycles. The van der Waals surface area contributed by atoms with Crippen LogP contribution in [-0.4, -0.2) is 30.4 Å². The summed E-state index contributed by atoms with van der Waals surface area (Å²) in [5.41, 5.74) is 0. The van der Waals surface area contributed by atoms with Gasteiger partial charge >= 0.3 is 5.97 Å². The molecule has 0 N–H and O–H groups in total. The highest BCUT2D eigenvalue weighted by molar-refractivity contribution is 7.99. The van der Waals surface area contributed by atoms with Gasteiger partial charge < -0.3 is 9.53 Å². The lowest BCUT2D eigenvalue weighted by Crippen LogP contribution is -2.17. The van der Waals surface area contributed by atoms with Gasteiger partial charge in [-0.1, -0.05) is 12.2 Å². The molecule has 92 valence electrons. The number of thioether (sulfide) groups is 1. The summed E-state index contributed by atoms with van der Waals surface area (Å²) < 4.78 is 4.67. The number of carbonyl (C=O) groups is 2. The Labute approximate surface area is 102 Å². The zero-order chi connectivity index (χ0) is 12.4. The smallest absolute Gasteiger partial charge is 0.319 e. The van der Waals surface area contributed by atoms with Crippen molar-refractivity contribution in [3.63, 3.8) is 0 Å². The number of rotatable bonds is 8. The lowest BCUT2D eigenvalue weighted by Gasteiger charge is -2.08. The molecular formula is C12H20O3S. The predicted molar refractivity (Wildman–Crippen MR) is 67.6 cm³/mol. The summed E-state index contributed by atoms with van der Waals surface area (Å²) in [6.07, 6.45) is 9.00. The second-order valence-electron chi connectivity index (χ2n) is 3.55. The molecule has 3 nitrogen and oxygen atoms in total. The molecule has 0 aliphatic carbocycles. The number of methoxy groups -OCH3 is 1. The van der Waals surface area contributed by atoms with E-state index in [1.54, 1.807) is 6.92 Å². The summed E-state index contributed by atoms with van der Waals surface area (Å²) in [5, 5.41) is -0.117. The maximum atomic E-state index is 11.2. The fourth-order valence-corrected chi connectivity index (χ4v) is 1.82. The first-order valence-corrected chi connectivity index (χ1v) is 6.65. The van der Waals surface area contributed by atoms with Crippen LogP contribution >= 0.6 is 11.8 Å². The van der Waals surface area contributed by atoms with Gasteiger partial charge in [-0.2, -0.15) is 0 Å². The Morgan fingerprint density at radius 3 is 2.56 bits per heavy atom. The van der Waals surface area contributed by atoms with Crippen molar-refractivity contribution in [2.75, 3.05) is 13.4 Å². The van der Waals surface area contributed by atoms with Gasteiger partial charge in [0.15, 0.2) is 0 Å². The normalized spacial score (nSPS) is 12.7. The summed E-state index contributed by atoms with van der Waals surface area (Å²) in [5.74, 6) is 0.0471. The van der Waals surface area contributed by atoms with Gasteiger partial charge in [0.2, 0.25) is 0 Å². The SMILES string of the molecule is COC(=O)C(C/C=C/CCCC(C)=O)SC. The van der Waals surface area contributed by atoms with Gasteiger partial charge in [0.25, 0.3) is 0 Å². The zero-order valence-corrected chi connectivity index (χ0v) is 11.0. The molecule has 0 rings (SSSR count). The molecular weight excluding hydrogens is 224 g/mol. The number of esters is 1. The van der Waals surface area contributed by atoms with E-state index in [-0.39, 0.29) is 17.0 Å². The van der Waals surface area contributed by atoms with Crippen molar-refractivity contribution in [2.45, 2.75) is 37.9 Å². The first-order valence-electron chi connectivity index (χ1n) is 5.36. The van der Waals surface area contributed by atoms with Gasteiger partial charge in [0, 0.05) is 6.42 Å². The second kappa shape index (κ2) is 9.46. The van der Waals surface area contributed by atoms with Crippen LogP contribution in [0.2, 0.25) is 0 Å². The Hall–Kier alpha value is -0.770. The Bertz CT molecular complexity index is 249. The van der Waals surface area contributed by atoms with Crippen LogP contribution in [0.3, 0.4) is 0 Å². The van der Waals surface area contributed by atoms with E-state index in [0.717, 1.165) is 12.8 Å². The van der Waals surface area contributed by atoms with Gasteiger partial charge in [-0.3, -0.25) is 4.79 Å². The Kier molecular flexibility index (Phi) is 9.00. The van der Waals surface area contributed by atoms with Crippen molar-refractivity contribution in [1.29, 1.82) is 0 Å². The van der Waals surface area contributed by atoms with Crippen LogP contribution in [0.15, 0.2) is 12.2 Å². The van der Waals surface area contributed by atoms with Crippen molar-refractivity contribution in [2.24, 2.45) is 0 Å². The maximum Gasteiger partial charge on any atom is 0.319 e. The molecule has 0 aliphatic rings. The van der Waals surface area contributed by atoms with Crippen molar-refractivity contribution in [1.82, 2.24) is 0 Å². The summed E-state index contributed by atoms with van der Waals surface area (Å²) in [6.45, 7) is 1.60. The van der Waals surface area contributed by atoms with Crippen molar-refractivity contribution >= 4 is 23.5 Å². The second-order valence-corrected chi connectivity index (χ2v) is 4.59. The van der Waals surface area contributed by atoms with Crippen LogP contribution in [0.25, 0.3) is 0 Å². The monoisotopic (exact) mass is 244 g/mol. The Morgan fingerprint density at radius 1 is 1.38 bits per heavy atom. The molecule has 0 fully saturated rings. The molecule has 0 saturated carbocycles. The molecule has 0 bridgehead atoms. The van der Waals surface area contributed by atoms with Gasteiger partial charge in [-0.15, -0.1) is 11.8 Å². The molecule has 0 radical (unpaired) electrons. The topological polar surface area (TPSA) is 43.4 Å². The van der Waals surface area contributed by atoms with Crippen LogP contribution in [0.5, 0.6) is 0 Å². The van der Waals surface area contributed by atoms with Crippen molar-refractivity contribution in [3.8, 4) is 0 Å². The highest BCUT2D eigenvalue weighted by atomic mass is 32.2. The molecule has 4 heteroatoms. The Morgan fingerprint density at radius 2 is 2.06 bits per heavy atom. The molecule has 0 aromatic heterocycles. The minimum absolute atomic E-state index is 0.117. The van der Waals surface area contributed by atoms with Crippen molar-refractivity contribution in [3.05, 3.63) is 12.2 Å². The molecule has 0 amide bonds. The van der Waals surface area contributed by atoms with E-state index >= 15 is 0 Å². The van der Waals surface area contributed by atoms with Gasteiger partial charge in [0.1, 0.15) is 11.0 Å². The van der Waals surface area contributed by atoms with E-state index in [1.807, 2.05) is 18.4 Å². The number of Topliss-reactive ketones (excluding diaryl/α,β-unsaturated/α-hetero) is 1. The average molecular weight is 244 g/mol. The summed E-state index contributed by atoms with van der Waals surface area (Å²) in [6, 6.07) is 0. The minimum Gasteiger partial charge on any atom is -0.468 e. The summed E-state index contributed by atoms with van der Waals surface area (Å²) in [4.78, 5) is 21.9.